The van der Waals surface area contributed by atoms with E-state index >= 15 is 0 Å². The van der Waals surface area contributed by atoms with Gasteiger partial charge < -0.3 is 19.1 Å². The van der Waals surface area contributed by atoms with Crippen molar-refractivity contribution in [3.63, 3.8) is 0 Å². The molecule has 0 aliphatic carbocycles. The molecule has 170 valence electrons. The Labute approximate surface area is 188 Å². The Balaban J connectivity index is 1.93. The molecule has 1 heterocycles. The van der Waals surface area contributed by atoms with Gasteiger partial charge >= 0.3 is 0 Å². The van der Waals surface area contributed by atoms with Gasteiger partial charge in [-0.05, 0) is 35.9 Å². The first-order chi connectivity index (χ1) is 15.5. The Hall–Kier alpha value is -3.39. The topological polar surface area (TPSA) is 80.7 Å². The SMILES string of the molecule is COCCN(CC(=O)N1N=C(c2ccc(OC)cc2)C[C@@H]1c1ccccc1OC)C(C)=O. The average molecular weight is 440 g/mol. The van der Waals surface area contributed by atoms with Crippen molar-refractivity contribution < 1.29 is 23.8 Å². The van der Waals surface area contributed by atoms with Gasteiger partial charge in [0.15, 0.2) is 0 Å². The fourth-order valence-electron chi connectivity index (χ4n) is 3.67. The molecule has 1 atom stereocenters. The zero-order chi connectivity index (χ0) is 23.1. The molecule has 0 N–H and O–H groups in total. The zero-order valence-corrected chi connectivity index (χ0v) is 18.9. The molecular formula is C24H29N3O5. The van der Waals surface area contributed by atoms with E-state index in [1.807, 2.05) is 48.5 Å². The van der Waals surface area contributed by atoms with Gasteiger partial charge in [-0.25, -0.2) is 5.01 Å². The van der Waals surface area contributed by atoms with Crippen LogP contribution in [0.25, 0.3) is 0 Å². The number of hydrogen-bond acceptors (Lipinski definition) is 6. The van der Waals surface area contributed by atoms with Crippen molar-refractivity contribution in [2.24, 2.45) is 5.10 Å². The first kappa shape index (κ1) is 23.3. The van der Waals surface area contributed by atoms with Gasteiger partial charge in [0.2, 0.25) is 5.91 Å². The standard InChI is InChI=1S/C24H29N3O5/c1-17(28)26(13-14-30-2)16-24(29)27-22(20-7-5-6-8-23(20)32-4)15-21(25-27)18-9-11-19(31-3)12-10-18/h5-12,22H,13-16H2,1-4H3/t22-/m1/s1. The first-order valence-electron chi connectivity index (χ1n) is 10.4. The predicted molar refractivity (Wildman–Crippen MR) is 121 cm³/mol. The number of carbonyl (C=O) groups is 2. The second-order valence-corrected chi connectivity index (χ2v) is 7.41. The molecule has 0 unspecified atom stereocenters. The lowest BCUT2D eigenvalue weighted by Crippen LogP contribution is -2.41. The summed E-state index contributed by atoms with van der Waals surface area (Å²) in [4.78, 5) is 26.8. The van der Waals surface area contributed by atoms with Crippen LogP contribution in [0.5, 0.6) is 11.5 Å². The van der Waals surface area contributed by atoms with Crippen molar-refractivity contribution in [2.75, 3.05) is 41.0 Å². The number of para-hydroxylation sites is 1. The van der Waals surface area contributed by atoms with E-state index in [0.29, 0.717) is 25.3 Å². The molecule has 1 aliphatic rings. The molecule has 0 fully saturated rings. The Morgan fingerprint density at radius 1 is 1.06 bits per heavy atom. The summed E-state index contributed by atoms with van der Waals surface area (Å²) in [5, 5.41) is 6.15. The second-order valence-electron chi connectivity index (χ2n) is 7.41. The van der Waals surface area contributed by atoms with Crippen LogP contribution in [0, 0.1) is 0 Å². The van der Waals surface area contributed by atoms with E-state index in [9.17, 15) is 9.59 Å². The minimum atomic E-state index is -0.341. The maximum absolute atomic E-state index is 13.3. The molecule has 2 aromatic carbocycles. The molecule has 0 saturated carbocycles. The second kappa shape index (κ2) is 10.8. The van der Waals surface area contributed by atoms with Crippen molar-refractivity contribution in [1.29, 1.82) is 0 Å². The quantitative estimate of drug-likeness (QED) is 0.600. The normalized spacial score (nSPS) is 15.3. The van der Waals surface area contributed by atoms with E-state index in [4.69, 9.17) is 14.2 Å². The predicted octanol–water partition coefficient (Wildman–Crippen LogP) is 2.88. The van der Waals surface area contributed by atoms with Crippen molar-refractivity contribution in [2.45, 2.75) is 19.4 Å². The van der Waals surface area contributed by atoms with E-state index in [1.54, 1.807) is 21.3 Å². The summed E-state index contributed by atoms with van der Waals surface area (Å²) in [6.45, 7) is 2.05. The fourth-order valence-corrected chi connectivity index (χ4v) is 3.67. The van der Waals surface area contributed by atoms with E-state index < -0.39 is 0 Å². The Morgan fingerprint density at radius 2 is 1.78 bits per heavy atom. The van der Waals surface area contributed by atoms with Crippen LogP contribution < -0.4 is 9.47 Å². The van der Waals surface area contributed by atoms with Crippen LogP contribution in [0.4, 0.5) is 0 Å². The molecule has 0 radical (unpaired) electrons. The number of hydrazone groups is 1. The van der Waals surface area contributed by atoms with E-state index in [0.717, 1.165) is 22.6 Å². The number of hydrogen-bond donors (Lipinski definition) is 0. The molecule has 0 aromatic heterocycles. The van der Waals surface area contributed by atoms with Gasteiger partial charge in [-0.1, -0.05) is 18.2 Å². The highest BCUT2D eigenvalue weighted by atomic mass is 16.5. The van der Waals surface area contributed by atoms with Crippen LogP contribution in [0.2, 0.25) is 0 Å². The highest BCUT2D eigenvalue weighted by Crippen LogP contribution is 2.37. The summed E-state index contributed by atoms with van der Waals surface area (Å²) < 4.78 is 15.9. The monoisotopic (exact) mass is 439 g/mol. The van der Waals surface area contributed by atoms with Crippen LogP contribution in [-0.2, 0) is 14.3 Å². The molecular weight excluding hydrogens is 410 g/mol. The van der Waals surface area contributed by atoms with Crippen molar-refractivity contribution >= 4 is 17.5 Å². The summed E-state index contributed by atoms with van der Waals surface area (Å²) in [6.07, 6.45) is 0.524. The number of benzene rings is 2. The number of ether oxygens (including phenoxy) is 3. The van der Waals surface area contributed by atoms with Crippen LogP contribution >= 0.6 is 0 Å². The Kier molecular flexibility index (Phi) is 7.83. The molecule has 8 heteroatoms. The average Bonchev–Trinajstić information content (AvgIpc) is 3.27. The largest absolute Gasteiger partial charge is 0.497 e. The van der Waals surface area contributed by atoms with Crippen molar-refractivity contribution in [3.8, 4) is 11.5 Å². The molecule has 2 aromatic rings. The molecule has 0 spiro atoms. The zero-order valence-electron chi connectivity index (χ0n) is 18.9. The molecule has 8 nitrogen and oxygen atoms in total. The molecule has 32 heavy (non-hydrogen) atoms. The molecule has 1 aliphatic heterocycles. The van der Waals surface area contributed by atoms with Crippen LogP contribution in [0.15, 0.2) is 53.6 Å². The van der Waals surface area contributed by atoms with Gasteiger partial charge in [0.05, 0.1) is 32.6 Å². The minimum absolute atomic E-state index is 0.0796. The van der Waals surface area contributed by atoms with Gasteiger partial charge in [0.1, 0.15) is 18.0 Å². The Morgan fingerprint density at radius 3 is 2.41 bits per heavy atom. The molecule has 0 bridgehead atoms. The smallest absolute Gasteiger partial charge is 0.262 e. The summed E-state index contributed by atoms with van der Waals surface area (Å²) in [5.41, 5.74) is 2.55. The summed E-state index contributed by atoms with van der Waals surface area (Å²) >= 11 is 0. The van der Waals surface area contributed by atoms with Crippen LogP contribution in [-0.4, -0.2) is 68.5 Å². The summed E-state index contributed by atoms with van der Waals surface area (Å²) in [6, 6.07) is 14.8. The van der Waals surface area contributed by atoms with Crippen molar-refractivity contribution in [3.05, 3.63) is 59.7 Å². The first-order valence-corrected chi connectivity index (χ1v) is 10.4. The maximum atomic E-state index is 13.3. The lowest BCUT2D eigenvalue weighted by molar-refractivity contribution is -0.141. The summed E-state index contributed by atoms with van der Waals surface area (Å²) in [5.74, 6) is 0.972. The molecule has 0 saturated heterocycles. The number of carbonyl (C=O) groups excluding carboxylic acids is 2. The Bertz CT molecular complexity index is 974. The lowest BCUT2D eigenvalue weighted by atomic mass is 9.97. The van der Waals surface area contributed by atoms with Crippen LogP contribution in [0.1, 0.15) is 30.5 Å². The number of methoxy groups -OCH3 is 3. The minimum Gasteiger partial charge on any atom is -0.497 e. The summed E-state index contributed by atoms with van der Waals surface area (Å²) in [7, 11) is 4.78. The number of rotatable bonds is 9. The van der Waals surface area contributed by atoms with Gasteiger partial charge in [-0.3, -0.25) is 9.59 Å². The van der Waals surface area contributed by atoms with Gasteiger partial charge in [0.25, 0.3) is 5.91 Å². The third-order valence-electron chi connectivity index (χ3n) is 5.42. The van der Waals surface area contributed by atoms with Crippen molar-refractivity contribution in [1.82, 2.24) is 9.91 Å². The maximum Gasteiger partial charge on any atom is 0.262 e. The van der Waals surface area contributed by atoms with Gasteiger partial charge in [-0.15, -0.1) is 0 Å². The highest BCUT2D eigenvalue weighted by Gasteiger charge is 2.35. The van der Waals surface area contributed by atoms with Crippen LogP contribution in [0.3, 0.4) is 0 Å². The fraction of sp³-hybridized carbons (Fsp3) is 0.375. The lowest BCUT2D eigenvalue weighted by Gasteiger charge is -2.27. The van der Waals surface area contributed by atoms with Gasteiger partial charge in [-0.2, -0.15) is 5.10 Å². The third kappa shape index (κ3) is 5.26. The third-order valence-corrected chi connectivity index (χ3v) is 5.42. The number of amides is 2. The molecule has 2 amide bonds. The molecule has 3 rings (SSSR count). The van der Waals surface area contributed by atoms with E-state index in [2.05, 4.69) is 5.10 Å². The van der Waals surface area contributed by atoms with Gasteiger partial charge in [0, 0.05) is 32.6 Å². The van der Waals surface area contributed by atoms with E-state index in [-0.39, 0.29) is 24.4 Å². The number of nitrogens with zero attached hydrogens (tertiary/aromatic N) is 3. The van der Waals surface area contributed by atoms with E-state index in [1.165, 1.54) is 16.8 Å². The highest BCUT2D eigenvalue weighted by molar-refractivity contribution is 6.03.